The van der Waals surface area contributed by atoms with E-state index < -0.39 is 15.8 Å². The van der Waals surface area contributed by atoms with E-state index >= 15 is 0 Å². The molecule has 0 aliphatic carbocycles. The van der Waals surface area contributed by atoms with Crippen LogP contribution in [0.5, 0.6) is 0 Å². The van der Waals surface area contributed by atoms with Crippen LogP contribution in [0.25, 0.3) is 0 Å². The summed E-state index contributed by atoms with van der Waals surface area (Å²) in [5, 5.41) is 8.84. The Morgan fingerprint density at radius 2 is 2.12 bits per heavy atom. The second-order valence-electron chi connectivity index (χ2n) is 5.90. The summed E-state index contributed by atoms with van der Waals surface area (Å²) in [7, 11) is -1.58. The molecule has 0 saturated carbocycles. The van der Waals surface area contributed by atoms with E-state index in [4.69, 9.17) is 9.84 Å². The number of sulfone groups is 1. The normalized spacial score (nSPS) is 18.8. The fraction of sp³-hybridized carbons (Fsp3) is 0.562. The predicted molar refractivity (Wildman–Crippen MR) is 91.3 cm³/mol. The van der Waals surface area contributed by atoms with Gasteiger partial charge in [0.05, 0.1) is 35.6 Å². The first-order valence-corrected chi connectivity index (χ1v) is 9.57. The van der Waals surface area contributed by atoms with E-state index in [1.807, 2.05) is 17.0 Å². The van der Waals surface area contributed by atoms with Crippen LogP contribution in [0.15, 0.2) is 29.2 Å². The lowest BCUT2D eigenvalue weighted by Gasteiger charge is -2.36. The number of hydrogen-bond donors (Lipinski definition) is 1. The van der Waals surface area contributed by atoms with Crippen molar-refractivity contribution < 1.29 is 23.1 Å². The molecule has 0 bridgehead atoms. The van der Waals surface area contributed by atoms with Crippen LogP contribution in [-0.2, 0) is 19.4 Å². The van der Waals surface area contributed by atoms with Crippen molar-refractivity contribution in [3.63, 3.8) is 0 Å². The Bertz CT molecular complexity index is 677. The smallest absolute Gasteiger partial charge is 0.317 e. The van der Waals surface area contributed by atoms with Gasteiger partial charge >= 0.3 is 5.97 Å². The highest BCUT2D eigenvalue weighted by Gasteiger charge is 2.26. The quantitative estimate of drug-likeness (QED) is 0.769. The summed E-state index contributed by atoms with van der Waals surface area (Å²) in [6, 6.07) is 7.00. The molecule has 1 heterocycles. The first kappa shape index (κ1) is 18.7. The zero-order valence-corrected chi connectivity index (χ0v) is 14.8. The van der Waals surface area contributed by atoms with E-state index in [0.29, 0.717) is 36.8 Å². The zero-order valence-electron chi connectivity index (χ0n) is 14.0. The number of nitrogens with zero attached hydrogens (tertiary/aromatic N) is 2. The van der Waals surface area contributed by atoms with Crippen molar-refractivity contribution in [1.29, 1.82) is 0 Å². The molecule has 2 rings (SSSR count). The minimum absolute atomic E-state index is 0.0547. The molecule has 1 N–H and O–H groups in total. The number of hydrogen-bond acceptors (Lipinski definition) is 6. The van der Waals surface area contributed by atoms with Crippen LogP contribution in [0.4, 0.5) is 5.69 Å². The Morgan fingerprint density at radius 1 is 1.42 bits per heavy atom. The molecule has 1 saturated heterocycles. The third kappa shape index (κ3) is 4.68. The largest absolute Gasteiger partial charge is 0.480 e. The van der Waals surface area contributed by atoms with Gasteiger partial charge < -0.3 is 14.7 Å². The average molecular weight is 356 g/mol. The van der Waals surface area contributed by atoms with E-state index in [-0.39, 0.29) is 18.4 Å². The van der Waals surface area contributed by atoms with Crippen LogP contribution in [0.1, 0.15) is 6.92 Å². The Kier molecular flexibility index (Phi) is 6.20. The standard InChI is InChI=1S/C16H24N2O5S/c1-3-24(21,22)15-7-5-4-6-14(15)18-8-9-23-13(11-18)10-17(2)12-16(19)20/h4-7,13H,3,8-12H2,1-2H3,(H,19,20). The van der Waals surface area contributed by atoms with Gasteiger partial charge in [0.1, 0.15) is 0 Å². The van der Waals surface area contributed by atoms with Gasteiger partial charge in [0.25, 0.3) is 0 Å². The number of carboxylic acids is 1. The van der Waals surface area contributed by atoms with Gasteiger partial charge in [0, 0.05) is 19.6 Å². The minimum atomic E-state index is -3.31. The van der Waals surface area contributed by atoms with Gasteiger partial charge in [0.2, 0.25) is 0 Å². The van der Waals surface area contributed by atoms with Gasteiger partial charge in [-0.25, -0.2) is 8.42 Å². The van der Waals surface area contributed by atoms with Gasteiger partial charge in [-0.2, -0.15) is 0 Å². The summed E-state index contributed by atoms with van der Waals surface area (Å²) in [6.07, 6.45) is -0.166. The second-order valence-corrected chi connectivity index (χ2v) is 8.15. The highest BCUT2D eigenvalue weighted by Crippen LogP contribution is 2.27. The minimum Gasteiger partial charge on any atom is -0.480 e. The van der Waals surface area contributed by atoms with Crippen LogP contribution in [-0.4, -0.2) is 76.1 Å². The Balaban J connectivity index is 2.14. The van der Waals surface area contributed by atoms with E-state index in [1.165, 1.54) is 0 Å². The Hall–Kier alpha value is -1.64. The molecule has 1 unspecified atom stereocenters. The molecule has 0 amide bonds. The van der Waals surface area contributed by atoms with Gasteiger partial charge in [-0.15, -0.1) is 0 Å². The fourth-order valence-corrected chi connectivity index (χ4v) is 3.94. The highest BCUT2D eigenvalue weighted by atomic mass is 32.2. The maximum atomic E-state index is 12.3. The van der Waals surface area contributed by atoms with Crippen molar-refractivity contribution >= 4 is 21.5 Å². The molecule has 0 radical (unpaired) electrons. The number of rotatable bonds is 7. The van der Waals surface area contributed by atoms with Crippen LogP contribution in [0.3, 0.4) is 0 Å². The van der Waals surface area contributed by atoms with Crippen LogP contribution < -0.4 is 4.90 Å². The number of carboxylic acid groups (broad SMARTS) is 1. The summed E-state index contributed by atoms with van der Waals surface area (Å²) in [6.45, 7) is 3.67. The number of ether oxygens (including phenoxy) is 1. The highest BCUT2D eigenvalue weighted by molar-refractivity contribution is 7.91. The van der Waals surface area contributed by atoms with E-state index in [9.17, 15) is 13.2 Å². The molecule has 8 heteroatoms. The molecular weight excluding hydrogens is 332 g/mol. The first-order valence-electron chi connectivity index (χ1n) is 7.92. The third-order valence-electron chi connectivity index (χ3n) is 3.98. The fourth-order valence-electron chi connectivity index (χ4n) is 2.83. The first-order chi connectivity index (χ1) is 11.3. The van der Waals surface area contributed by atoms with Crippen molar-refractivity contribution in [3.8, 4) is 0 Å². The summed E-state index contributed by atoms with van der Waals surface area (Å²) >= 11 is 0. The molecule has 134 valence electrons. The molecule has 1 fully saturated rings. The number of aliphatic carboxylic acids is 1. The van der Waals surface area contributed by atoms with Gasteiger partial charge in [-0.1, -0.05) is 19.1 Å². The molecule has 1 aliphatic heterocycles. The number of carbonyl (C=O) groups is 1. The van der Waals surface area contributed by atoms with Gasteiger partial charge in [-0.3, -0.25) is 9.69 Å². The molecule has 1 aromatic carbocycles. The van der Waals surface area contributed by atoms with E-state index in [0.717, 1.165) is 0 Å². The molecule has 7 nitrogen and oxygen atoms in total. The Labute approximate surface area is 142 Å². The predicted octanol–water partition coefficient (Wildman–Crippen LogP) is 0.702. The molecular formula is C16H24N2O5S. The SMILES string of the molecule is CCS(=O)(=O)c1ccccc1N1CCOC(CN(C)CC(=O)O)C1. The lowest BCUT2D eigenvalue weighted by atomic mass is 10.2. The van der Waals surface area contributed by atoms with Crippen LogP contribution >= 0.6 is 0 Å². The van der Waals surface area contributed by atoms with Crippen molar-refractivity contribution in [2.24, 2.45) is 0 Å². The summed E-state index contributed by atoms with van der Waals surface area (Å²) in [5.74, 6) is -0.830. The van der Waals surface area contributed by atoms with Gasteiger partial charge in [-0.05, 0) is 19.2 Å². The molecule has 0 spiro atoms. The van der Waals surface area contributed by atoms with Crippen molar-refractivity contribution in [2.45, 2.75) is 17.9 Å². The number of para-hydroxylation sites is 1. The maximum absolute atomic E-state index is 12.3. The monoisotopic (exact) mass is 356 g/mol. The number of likely N-dealkylation sites (N-methyl/N-ethyl adjacent to an activating group) is 1. The molecule has 0 aromatic heterocycles. The summed E-state index contributed by atoms with van der Waals surface area (Å²) in [4.78, 5) is 14.8. The Morgan fingerprint density at radius 3 is 2.79 bits per heavy atom. The molecule has 24 heavy (non-hydrogen) atoms. The van der Waals surface area contributed by atoms with Crippen molar-refractivity contribution in [2.75, 3.05) is 50.5 Å². The number of morpholine rings is 1. The molecule has 1 aliphatic rings. The van der Waals surface area contributed by atoms with Crippen LogP contribution in [0, 0.1) is 0 Å². The van der Waals surface area contributed by atoms with Crippen molar-refractivity contribution in [3.05, 3.63) is 24.3 Å². The van der Waals surface area contributed by atoms with Gasteiger partial charge in [0.15, 0.2) is 9.84 Å². The number of anilines is 1. The van der Waals surface area contributed by atoms with E-state index in [1.54, 1.807) is 31.0 Å². The van der Waals surface area contributed by atoms with Crippen molar-refractivity contribution in [1.82, 2.24) is 4.90 Å². The summed E-state index contributed by atoms with van der Waals surface area (Å²) in [5.41, 5.74) is 0.688. The lowest BCUT2D eigenvalue weighted by Crippen LogP contribution is -2.48. The van der Waals surface area contributed by atoms with E-state index in [2.05, 4.69) is 0 Å². The zero-order chi connectivity index (χ0) is 17.7. The van der Waals surface area contributed by atoms with Crippen LogP contribution in [0.2, 0.25) is 0 Å². The molecule has 1 atom stereocenters. The number of benzene rings is 1. The lowest BCUT2D eigenvalue weighted by molar-refractivity contribution is -0.138. The second kappa shape index (κ2) is 7.96. The summed E-state index contributed by atoms with van der Waals surface area (Å²) < 4.78 is 30.3. The maximum Gasteiger partial charge on any atom is 0.317 e. The molecule has 1 aromatic rings. The average Bonchev–Trinajstić information content (AvgIpc) is 2.54. The third-order valence-corrected chi connectivity index (χ3v) is 5.76. The topological polar surface area (TPSA) is 87.2 Å².